The zero-order valence-electron chi connectivity index (χ0n) is 11.4. The first-order valence-corrected chi connectivity index (χ1v) is 7.12. The van der Waals surface area contributed by atoms with Gasteiger partial charge in [-0.3, -0.25) is 4.57 Å². The van der Waals surface area contributed by atoms with E-state index in [0.29, 0.717) is 11.4 Å². The Hall–Kier alpha value is -1.31. The normalized spacial score (nSPS) is 11.8. The van der Waals surface area contributed by atoms with Crippen molar-refractivity contribution in [2.45, 2.75) is 20.0 Å². The van der Waals surface area contributed by atoms with Gasteiger partial charge in [0.1, 0.15) is 5.82 Å². The van der Waals surface area contributed by atoms with E-state index in [1.165, 1.54) is 4.57 Å². The van der Waals surface area contributed by atoms with Crippen LogP contribution in [0.1, 0.15) is 17.0 Å². The molecule has 0 aliphatic heterocycles. The first kappa shape index (κ1) is 17.1. The number of aromatic nitrogens is 2. The van der Waals surface area contributed by atoms with Gasteiger partial charge >= 0.3 is 6.18 Å². The number of benzene rings is 1. The number of rotatable bonds is 1. The second kappa shape index (κ2) is 5.72. The minimum absolute atomic E-state index is 0.000122. The van der Waals surface area contributed by atoms with Gasteiger partial charge < -0.3 is 5.73 Å². The highest BCUT2D eigenvalue weighted by molar-refractivity contribution is 7.80. The molecule has 22 heavy (non-hydrogen) atoms. The summed E-state index contributed by atoms with van der Waals surface area (Å²) in [6.07, 6.45) is -4.55. The quantitative estimate of drug-likeness (QED) is 0.750. The summed E-state index contributed by atoms with van der Waals surface area (Å²) in [7, 11) is 0. The molecule has 0 radical (unpaired) electrons. The SMILES string of the molecule is Cc1nc(-c2c(Cl)cc(C(F)(F)F)cc2Cl)n(C(N)=S)c1C. The van der Waals surface area contributed by atoms with Gasteiger partial charge in [0.05, 0.1) is 26.9 Å². The van der Waals surface area contributed by atoms with Crippen LogP contribution >= 0.6 is 35.4 Å². The van der Waals surface area contributed by atoms with E-state index in [4.69, 9.17) is 41.2 Å². The van der Waals surface area contributed by atoms with E-state index in [-0.39, 0.29) is 26.5 Å². The molecule has 0 aliphatic carbocycles. The van der Waals surface area contributed by atoms with Crippen molar-refractivity contribution >= 4 is 40.5 Å². The van der Waals surface area contributed by atoms with Gasteiger partial charge in [-0.1, -0.05) is 23.2 Å². The van der Waals surface area contributed by atoms with Crippen LogP contribution in [-0.2, 0) is 6.18 Å². The average Bonchev–Trinajstić information content (AvgIpc) is 2.63. The Bertz CT molecular complexity index is 746. The standard InChI is InChI=1S/C13H10Cl2F3N3S/c1-5-6(2)21(12(19)22)11(20-5)10-8(14)3-7(4-9(10)15)13(16,17)18/h3-4H,1-2H3,(H2,19,22). The smallest absolute Gasteiger partial charge is 0.376 e. The Morgan fingerprint density at radius 3 is 2.14 bits per heavy atom. The molecule has 0 amide bonds. The number of halogens is 5. The zero-order chi connectivity index (χ0) is 16.8. The Kier molecular flexibility index (Phi) is 4.43. The van der Waals surface area contributed by atoms with Crippen molar-refractivity contribution in [2.75, 3.05) is 0 Å². The first-order chi connectivity index (χ1) is 10.0. The molecular formula is C13H10Cl2F3N3S. The van der Waals surface area contributed by atoms with Gasteiger partial charge in [0, 0.05) is 5.69 Å². The third kappa shape index (κ3) is 2.93. The van der Waals surface area contributed by atoms with E-state index in [1.54, 1.807) is 13.8 Å². The van der Waals surface area contributed by atoms with Gasteiger partial charge in [-0.25, -0.2) is 4.98 Å². The zero-order valence-corrected chi connectivity index (χ0v) is 13.8. The van der Waals surface area contributed by atoms with E-state index >= 15 is 0 Å². The average molecular weight is 368 g/mol. The summed E-state index contributed by atoms with van der Waals surface area (Å²) in [5.74, 6) is 0.214. The van der Waals surface area contributed by atoms with Crippen LogP contribution in [0.25, 0.3) is 11.4 Å². The van der Waals surface area contributed by atoms with Gasteiger partial charge in [-0.2, -0.15) is 13.2 Å². The third-order valence-corrected chi connectivity index (χ3v) is 3.94. The molecule has 0 bridgehead atoms. The summed E-state index contributed by atoms with van der Waals surface area (Å²) < 4.78 is 39.8. The maximum absolute atomic E-state index is 12.8. The fraction of sp³-hybridized carbons (Fsp3) is 0.231. The van der Waals surface area contributed by atoms with Crippen LogP contribution in [-0.4, -0.2) is 14.7 Å². The van der Waals surface area contributed by atoms with Gasteiger partial charge in [0.15, 0.2) is 5.11 Å². The molecular weight excluding hydrogens is 358 g/mol. The number of thiocarbonyl (C=S) groups is 1. The van der Waals surface area contributed by atoms with Crippen LogP contribution in [0.4, 0.5) is 13.2 Å². The summed E-state index contributed by atoms with van der Waals surface area (Å²) in [4.78, 5) is 4.26. The highest BCUT2D eigenvalue weighted by Gasteiger charge is 2.33. The Balaban J connectivity index is 2.75. The monoisotopic (exact) mass is 367 g/mol. The number of hydrogen-bond acceptors (Lipinski definition) is 2. The summed E-state index contributed by atoms with van der Waals surface area (Å²) in [6, 6.07) is 1.60. The Morgan fingerprint density at radius 1 is 1.23 bits per heavy atom. The summed E-state index contributed by atoms with van der Waals surface area (Å²) in [5, 5.41) is -0.357. The van der Waals surface area contributed by atoms with E-state index < -0.39 is 11.7 Å². The predicted molar refractivity (Wildman–Crippen MR) is 84.3 cm³/mol. The Labute approximate surface area is 139 Å². The van der Waals surface area contributed by atoms with Crippen molar-refractivity contribution in [3.8, 4) is 11.4 Å². The Morgan fingerprint density at radius 2 is 1.73 bits per heavy atom. The largest absolute Gasteiger partial charge is 0.416 e. The highest BCUT2D eigenvalue weighted by Crippen LogP contribution is 2.40. The van der Waals surface area contributed by atoms with Crippen molar-refractivity contribution < 1.29 is 13.2 Å². The van der Waals surface area contributed by atoms with Gasteiger partial charge in [0.25, 0.3) is 0 Å². The number of aryl methyl sites for hydroxylation is 1. The van der Waals surface area contributed by atoms with Crippen molar-refractivity contribution in [1.82, 2.24) is 9.55 Å². The number of nitrogens with two attached hydrogens (primary N) is 1. The van der Waals surface area contributed by atoms with Gasteiger partial charge in [0.2, 0.25) is 0 Å². The lowest BCUT2D eigenvalue weighted by Crippen LogP contribution is -2.21. The number of hydrogen-bond donors (Lipinski definition) is 1. The fourth-order valence-electron chi connectivity index (χ4n) is 2.00. The first-order valence-electron chi connectivity index (χ1n) is 5.96. The van der Waals surface area contributed by atoms with E-state index in [9.17, 15) is 13.2 Å². The molecule has 118 valence electrons. The van der Waals surface area contributed by atoms with Crippen LogP contribution in [0, 0.1) is 13.8 Å². The molecule has 2 N–H and O–H groups in total. The van der Waals surface area contributed by atoms with Crippen LogP contribution < -0.4 is 5.73 Å². The molecule has 0 fully saturated rings. The predicted octanol–water partition coefficient (Wildman–Crippen LogP) is 4.58. The number of nitrogens with zero attached hydrogens (tertiary/aromatic N) is 2. The molecule has 0 unspecified atom stereocenters. The molecule has 3 nitrogen and oxygen atoms in total. The molecule has 1 heterocycles. The van der Waals surface area contributed by atoms with Crippen LogP contribution in [0.15, 0.2) is 12.1 Å². The topological polar surface area (TPSA) is 43.8 Å². The molecule has 0 atom stereocenters. The maximum atomic E-state index is 12.8. The lowest BCUT2D eigenvalue weighted by molar-refractivity contribution is -0.137. The van der Waals surface area contributed by atoms with Crippen molar-refractivity contribution in [1.29, 1.82) is 0 Å². The van der Waals surface area contributed by atoms with E-state index in [0.717, 1.165) is 12.1 Å². The lowest BCUT2D eigenvalue weighted by atomic mass is 10.1. The summed E-state index contributed by atoms with van der Waals surface area (Å²) >= 11 is 16.9. The van der Waals surface area contributed by atoms with E-state index in [1.807, 2.05) is 0 Å². The molecule has 2 rings (SSSR count). The molecule has 0 aliphatic rings. The summed E-state index contributed by atoms with van der Waals surface area (Å²) in [6.45, 7) is 3.45. The second-order valence-electron chi connectivity index (χ2n) is 4.59. The maximum Gasteiger partial charge on any atom is 0.416 e. The van der Waals surface area contributed by atoms with Crippen molar-refractivity contribution in [2.24, 2.45) is 5.73 Å². The molecule has 1 aromatic carbocycles. The summed E-state index contributed by atoms with van der Waals surface area (Å²) in [5.41, 5.74) is 6.15. The lowest BCUT2D eigenvalue weighted by Gasteiger charge is -2.13. The van der Waals surface area contributed by atoms with Crippen molar-refractivity contribution in [3.63, 3.8) is 0 Å². The second-order valence-corrected chi connectivity index (χ2v) is 5.83. The molecule has 2 aromatic rings. The molecule has 0 spiro atoms. The minimum atomic E-state index is -4.55. The highest BCUT2D eigenvalue weighted by atomic mass is 35.5. The molecule has 0 saturated carbocycles. The number of imidazole rings is 1. The third-order valence-electron chi connectivity index (χ3n) is 3.16. The molecule has 1 aromatic heterocycles. The molecule has 0 saturated heterocycles. The van der Waals surface area contributed by atoms with E-state index in [2.05, 4.69) is 4.98 Å². The molecule has 9 heteroatoms. The number of alkyl halides is 3. The van der Waals surface area contributed by atoms with Crippen LogP contribution in [0.3, 0.4) is 0 Å². The van der Waals surface area contributed by atoms with Crippen molar-refractivity contribution in [3.05, 3.63) is 39.1 Å². The van der Waals surface area contributed by atoms with Gasteiger partial charge in [-0.15, -0.1) is 0 Å². The fourth-order valence-corrected chi connectivity index (χ4v) is 2.88. The van der Waals surface area contributed by atoms with Crippen LogP contribution in [0.5, 0.6) is 0 Å². The van der Waals surface area contributed by atoms with Crippen LogP contribution in [0.2, 0.25) is 10.0 Å². The van der Waals surface area contributed by atoms with Gasteiger partial charge in [-0.05, 0) is 38.2 Å². The minimum Gasteiger partial charge on any atom is -0.376 e.